The number of likely N-dealkylation sites (tertiary alicyclic amines) is 1. The molecule has 0 radical (unpaired) electrons. The number of hydrogen-bond acceptors (Lipinski definition) is 5. The summed E-state index contributed by atoms with van der Waals surface area (Å²) in [5.74, 6) is 2.48. The van der Waals surface area contributed by atoms with Crippen LogP contribution in [0.15, 0.2) is 23.2 Å². The Bertz CT molecular complexity index is 682. The first-order valence-electron chi connectivity index (χ1n) is 10.5. The van der Waals surface area contributed by atoms with Crippen molar-refractivity contribution in [3.8, 4) is 11.5 Å². The van der Waals surface area contributed by atoms with Gasteiger partial charge in [-0.25, -0.2) is 4.99 Å². The molecule has 0 atom stereocenters. The third-order valence-electron chi connectivity index (χ3n) is 5.99. The summed E-state index contributed by atoms with van der Waals surface area (Å²) in [5, 5.41) is 7.00. The number of fused-ring (bicyclic) bond motifs is 1. The number of ether oxygens (including phenoxy) is 3. The zero-order chi connectivity index (χ0) is 19.2. The maximum absolute atomic E-state index is 5.66. The van der Waals surface area contributed by atoms with Crippen LogP contribution < -0.4 is 20.1 Å². The van der Waals surface area contributed by atoms with E-state index in [1.807, 2.05) is 18.2 Å². The van der Waals surface area contributed by atoms with E-state index in [1.54, 1.807) is 0 Å². The number of aliphatic imine (C=N–C) groups is 1. The van der Waals surface area contributed by atoms with Crippen LogP contribution in [0, 0.1) is 0 Å². The lowest BCUT2D eigenvalue weighted by molar-refractivity contribution is -0.0164. The van der Waals surface area contributed by atoms with Crippen LogP contribution in [0.2, 0.25) is 0 Å². The van der Waals surface area contributed by atoms with Gasteiger partial charge in [-0.2, -0.15) is 0 Å². The van der Waals surface area contributed by atoms with E-state index in [4.69, 9.17) is 19.2 Å². The second kappa shape index (κ2) is 9.01. The molecule has 1 aromatic rings. The number of benzene rings is 1. The highest BCUT2D eigenvalue weighted by Crippen LogP contribution is 2.33. The average Bonchev–Trinajstić information content (AvgIpc) is 3.42. The van der Waals surface area contributed by atoms with E-state index in [2.05, 4.69) is 22.5 Å². The fourth-order valence-corrected chi connectivity index (χ4v) is 4.35. The molecule has 2 saturated heterocycles. The average molecular weight is 389 g/mol. The Morgan fingerprint density at radius 2 is 1.89 bits per heavy atom. The Balaban J connectivity index is 1.41. The van der Waals surface area contributed by atoms with E-state index in [0.717, 1.165) is 62.2 Å². The molecule has 28 heavy (non-hydrogen) atoms. The standard InChI is InChI=1S/C21H32N4O3/c1-2-22-20(23-14-17-5-6-18-19(13-17)28-16-27-18)24-15-21(7-11-26-12-8-21)25-9-3-4-10-25/h5-6,13H,2-4,7-12,14-16H2,1H3,(H2,22,23,24). The first kappa shape index (κ1) is 19.3. The van der Waals surface area contributed by atoms with Gasteiger partial charge >= 0.3 is 0 Å². The van der Waals surface area contributed by atoms with Crippen molar-refractivity contribution in [2.45, 2.75) is 44.7 Å². The van der Waals surface area contributed by atoms with Gasteiger partial charge in [0.25, 0.3) is 0 Å². The van der Waals surface area contributed by atoms with Crippen LogP contribution in [-0.4, -0.2) is 62.6 Å². The van der Waals surface area contributed by atoms with Crippen molar-refractivity contribution in [3.05, 3.63) is 23.8 Å². The number of guanidine groups is 1. The second-order valence-corrected chi connectivity index (χ2v) is 7.77. The zero-order valence-corrected chi connectivity index (χ0v) is 16.8. The van der Waals surface area contributed by atoms with Crippen LogP contribution in [0.25, 0.3) is 0 Å². The minimum atomic E-state index is 0.184. The maximum Gasteiger partial charge on any atom is 0.231 e. The van der Waals surface area contributed by atoms with Crippen LogP contribution in [0.5, 0.6) is 11.5 Å². The van der Waals surface area contributed by atoms with E-state index in [0.29, 0.717) is 13.3 Å². The zero-order valence-electron chi connectivity index (χ0n) is 16.8. The molecule has 0 unspecified atom stereocenters. The first-order valence-corrected chi connectivity index (χ1v) is 10.5. The van der Waals surface area contributed by atoms with E-state index >= 15 is 0 Å². The molecule has 0 amide bonds. The molecule has 0 saturated carbocycles. The molecule has 3 aliphatic heterocycles. The van der Waals surface area contributed by atoms with Gasteiger partial charge in [-0.15, -0.1) is 0 Å². The lowest BCUT2D eigenvalue weighted by atomic mass is 9.88. The summed E-state index contributed by atoms with van der Waals surface area (Å²) in [7, 11) is 0. The SMILES string of the molecule is CCNC(=NCc1ccc2c(c1)OCO2)NCC1(N2CCCC2)CCOCC1. The Hall–Kier alpha value is -1.99. The highest BCUT2D eigenvalue weighted by atomic mass is 16.7. The van der Waals surface area contributed by atoms with Gasteiger partial charge < -0.3 is 24.8 Å². The van der Waals surface area contributed by atoms with Crippen molar-refractivity contribution in [3.63, 3.8) is 0 Å². The van der Waals surface area contributed by atoms with Crippen LogP contribution in [0.1, 0.15) is 38.2 Å². The molecular formula is C21H32N4O3. The van der Waals surface area contributed by atoms with Gasteiger partial charge in [0.2, 0.25) is 6.79 Å². The summed E-state index contributed by atoms with van der Waals surface area (Å²) in [6.07, 6.45) is 4.78. The smallest absolute Gasteiger partial charge is 0.231 e. The quantitative estimate of drug-likeness (QED) is 0.575. The lowest BCUT2D eigenvalue weighted by Crippen LogP contribution is -2.58. The number of rotatable bonds is 6. The largest absolute Gasteiger partial charge is 0.454 e. The number of nitrogens with one attached hydrogen (secondary N) is 2. The van der Waals surface area contributed by atoms with Crippen molar-refractivity contribution >= 4 is 5.96 Å². The fraction of sp³-hybridized carbons (Fsp3) is 0.667. The minimum absolute atomic E-state index is 0.184. The number of hydrogen-bond donors (Lipinski definition) is 2. The highest BCUT2D eigenvalue weighted by Gasteiger charge is 2.39. The Morgan fingerprint density at radius 3 is 2.68 bits per heavy atom. The summed E-state index contributed by atoms with van der Waals surface area (Å²) in [6.45, 7) is 8.85. The van der Waals surface area contributed by atoms with Crippen molar-refractivity contribution in [2.75, 3.05) is 46.2 Å². The van der Waals surface area contributed by atoms with Crippen LogP contribution in [0.3, 0.4) is 0 Å². The third-order valence-corrected chi connectivity index (χ3v) is 5.99. The molecule has 0 spiro atoms. The van der Waals surface area contributed by atoms with E-state index in [1.165, 1.54) is 25.9 Å². The van der Waals surface area contributed by atoms with E-state index < -0.39 is 0 Å². The Morgan fingerprint density at radius 1 is 1.11 bits per heavy atom. The van der Waals surface area contributed by atoms with Crippen LogP contribution in [-0.2, 0) is 11.3 Å². The van der Waals surface area contributed by atoms with Gasteiger partial charge in [-0.3, -0.25) is 4.90 Å². The summed E-state index contributed by atoms with van der Waals surface area (Å²) in [5.41, 5.74) is 1.30. The predicted octanol–water partition coefficient (Wildman–Crippen LogP) is 2.12. The van der Waals surface area contributed by atoms with Gasteiger partial charge in [0.15, 0.2) is 17.5 Å². The molecule has 3 aliphatic rings. The van der Waals surface area contributed by atoms with Gasteiger partial charge in [-0.1, -0.05) is 6.07 Å². The molecule has 0 bridgehead atoms. The maximum atomic E-state index is 5.66. The topological polar surface area (TPSA) is 67.4 Å². The molecule has 7 nitrogen and oxygen atoms in total. The normalized spacial score (nSPS) is 21.7. The second-order valence-electron chi connectivity index (χ2n) is 7.77. The fourth-order valence-electron chi connectivity index (χ4n) is 4.35. The predicted molar refractivity (Wildman–Crippen MR) is 109 cm³/mol. The molecule has 2 fully saturated rings. The summed E-state index contributed by atoms with van der Waals surface area (Å²) >= 11 is 0. The molecular weight excluding hydrogens is 356 g/mol. The summed E-state index contributed by atoms with van der Waals surface area (Å²) in [4.78, 5) is 7.47. The highest BCUT2D eigenvalue weighted by molar-refractivity contribution is 5.79. The van der Waals surface area contributed by atoms with Crippen LogP contribution >= 0.6 is 0 Å². The molecule has 7 heteroatoms. The monoisotopic (exact) mass is 388 g/mol. The lowest BCUT2D eigenvalue weighted by Gasteiger charge is -2.45. The molecule has 4 rings (SSSR count). The molecule has 2 N–H and O–H groups in total. The first-order chi connectivity index (χ1) is 13.8. The van der Waals surface area contributed by atoms with Crippen molar-refractivity contribution in [1.82, 2.24) is 15.5 Å². The third kappa shape index (κ3) is 4.36. The summed E-state index contributed by atoms with van der Waals surface area (Å²) < 4.78 is 16.5. The Kier molecular flexibility index (Phi) is 6.22. The van der Waals surface area contributed by atoms with E-state index in [9.17, 15) is 0 Å². The van der Waals surface area contributed by atoms with E-state index in [-0.39, 0.29) is 5.54 Å². The molecule has 154 valence electrons. The minimum Gasteiger partial charge on any atom is -0.454 e. The number of nitrogens with zero attached hydrogens (tertiary/aromatic N) is 2. The van der Waals surface area contributed by atoms with Crippen molar-refractivity contribution in [2.24, 2.45) is 4.99 Å². The molecule has 0 aromatic heterocycles. The molecule has 3 heterocycles. The molecule has 1 aromatic carbocycles. The van der Waals surface area contributed by atoms with Crippen molar-refractivity contribution < 1.29 is 14.2 Å². The van der Waals surface area contributed by atoms with Gasteiger partial charge in [-0.05, 0) is 63.4 Å². The van der Waals surface area contributed by atoms with Gasteiger partial charge in [0.05, 0.1) is 6.54 Å². The molecule has 0 aliphatic carbocycles. The van der Waals surface area contributed by atoms with Crippen LogP contribution in [0.4, 0.5) is 0 Å². The van der Waals surface area contributed by atoms with Gasteiger partial charge in [0.1, 0.15) is 0 Å². The van der Waals surface area contributed by atoms with Crippen molar-refractivity contribution in [1.29, 1.82) is 0 Å². The van der Waals surface area contributed by atoms with Gasteiger partial charge in [0, 0.05) is 31.8 Å². The Labute approximate surface area is 167 Å². The summed E-state index contributed by atoms with van der Waals surface area (Å²) in [6, 6.07) is 6.02.